The van der Waals surface area contributed by atoms with Crippen LogP contribution in [0.3, 0.4) is 0 Å². The van der Waals surface area contributed by atoms with E-state index in [-0.39, 0.29) is 6.61 Å². The molecular weight excluding hydrogens is 364 g/mol. The first-order valence-corrected chi connectivity index (χ1v) is 9.45. The molecule has 26 heavy (non-hydrogen) atoms. The van der Waals surface area contributed by atoms with Crippen LogP contribution in [0, 0.1) is 0 Å². The summed E-state index contributed by atoms with van der Waals surface area (Å²) >= 11 is 7.93. The lowest BCUT2D eigenvalue weighted by molar-refractivity contribution is 0.306. The van der Waals surface area contributed by atoms with Crippen molar-refractivity contribution in [3.63, 3.8) is 0 Å². The van der Waals surface area contributed by atoms with Gasteiger partial charge < -0.3 is 9.84 Å². The fourth-order valence-electron chi connectivity index (χ4n) is 2.37. The van der Waals surface area contributed by atoms with Gasteiger partial charge >= 0.3 is 0 Å². The highest BCUT2D eigenvalue weighted by Crippen LogP contribution is 2.32. The number of halogens is 1. The summed E-state index contributed by atoms with van der Waals surface area (Å²) in [5.41, 5.74) is 2.05. The minimum Gasteiger partial charge on any atom is -0.489 e. The molecule has 0 bridgehead atoms. The van der Waals surface area contributed by atoms with Crippen LogP contribution in [0.2, 0.25) is 5.02 Å². The molecule has 0 unspecified atom stereocenters. The van der Waals surface area contributed by atoms with Gasteiger partial charge in [0.05, 0.1) is 6.61 Å². The van der Waals surface area contributed by atoms with E-state index in [1.54, 1.807) is 17.8 Å². The summed E-state index contributed by atoms with van der Waals surface area (Å²) in [6.07, 6.45) is 3.48. The van der Waals surface area contributed by atoms with Gasteiger partial charge in [-0.2, -0.15) is 0 Å². The number of benzene rings is 3. The minimum atomic E-state index is 0.00548. The molecule has 0 amide bonds. The monoisotopic (exact) mass is 382 g/mol. The predicted octanol–water partition coefficient (Wildman–Crippen LogP) is 6.08. The first-order chi connectivity index (χ1) is 12.7. The number of rotatable bonds is 7. The molecule has 0 aliphatic rings. The summed E-state index contributed by atoms with van der Waals surface area (Å²) < 4.78 is 5.81. The van der Waals surface area contributed by atoms with Crippen molar-refractivity contribution in [2.24, 2.45) is 0 Å². The van der Waals surface area contributed by atoms with Crippen molar-refractivity contribution in [2.45, 2.75) is 16.4 Å². The minimum absolute atomic E-state index is 0.00548. The fourth-order valence-corrected chi connectivity index (χ4v) is 3.53. The average molecular weight is 383 g/mol. The lowest BCUT2D eigenvalue weighted by Crippen LogP contribution is -1.94. The molecule has 2 nitrogen and oxygen atoms in total. The van der Waals surface area contributed by atoms with Crippen LogP contribution >= 0.6 is 23.4 Å². The molecular formula is C22H19ClO2S. The molecule has 0 atom stereocenters. The Hall–Kier alpha value is -2.20. The van der Waals surface area contributed by atoms with Gasteiger partial charge in [-0.05, 0) is 47.5 Å². The smallest absolute Gasteiger partial charge is 0.119 e. The first-order valence-electron chi connectivity index (χ1n) is 8.26. The lowest BCUT2D eigenvalue weighted by Gasteiger charge is -2.08. The van der Waals surface area contributed by atoms with Crippen LogP contribution in [0.15, 0.2) is 88.7 Å². The largest absolute Gasteiger partial charge is 0.489 e. The molecule has 0 aliphatic carbocycles. The Kier molecular flexibility index (Phi) is 6.78. The molecule has 0 saturated heterocycles. The summed E-state index contributed by atoms with van der Waals surface area (Å²) in [6.45, 7) is 0.567. The van der Waals surface area contributed by atoms with Crippen molar-refractivity contribution < 1.29 is 9.84 Å². The van der Waals surface area contributed by atoms with Crippen molar-refractivity contribution in [2.75, 3.05) is 6.61 Å². The van der Waals surface area contributed by atoms with Gasteiger partial charge in [0.15, 0.2) is 0 Å². The first kappa shape index (κ1) is 18.6. The Morgan fingerprint density at radius 1 is 0.923 bits per heavy atom. The van der Waals surface area contributed by atoms with Crippen molar-refractivity contribution in [1.82, 2.24) is 0 Å². The van der Waals surface area contributed by atoms with Gasteiger partial charge in [-0.1, -0.05) is 71.9 Å². The van der Waals surface area contributed by atoms with Crippen molar-refractivity contribution >= 4 is 29.4 Å². The van der Waals surface area contributed by atoms with Crippen LogP contribution in [-0.4, -0.2) is 11.7 Å². The van der Waals surface area contributed by atoms with Gasteiger partial charge in [-0.3, -0.25) is 0 Å². The van der Waals surface area contributed by atoms with Crippen LogP contribution in [0.1, 0.15) is 11.1 Å². The molecule has 3 rings (SSSR count). The Bertz CT molecular complexity index is 861. The third-order valence-electron chi connectivity index (χ3n) is 3.68. The quantitative estimate of drug-likeness (QED) is 0.537. The van der Waals surface area contributed by atoms with E-state index in [9.17, 15) is 0 Å². The summed E-state index contributed by atoms with van der Waals surface area (Å²) in [5.74, 6) is 0.848. The fraction of sp³-hybridized carbons (Fsp3) is 0.0909. The van der Waals surface area contributed by atoms with Gasteiger partial charge in [0.25, 0.3) is 0 Å². The van der Waals surface area contributed by atoms with Crippen LogP contribution in [0.25, 0.3) is 6.08 Å². The standard InChI is InChI=1S/C22H19ClO2S/c23-22-15-21(11-8-18(22)7-4-14-24)26-20-12-9-19(10-13-20)25-16-17-5-2-1-3-6-17/h1-13,15,24H,14,16H2. The van der Waals surface area contributed by atoms with E-state index in [0.717, 1.165) is 26.7 Å². The number of hydrogen-bond acceptors (Lipinski definition) is 3. The number of aliphatic hydroxyl groups is 1. The highest BCUT2D eigenvalue weighted by molar-refractivity contribution is 7.99. The third kappa shape index (κ3) is 5.40. The van der Waals surface area contributed by atoms with Crippen LogP contribution in [0.4, 0.5) is 0 Å². The van der Waals surface area contributed by atoms with Crippen molar-refractivity contribution in [3.8, 4) is 5.75 Å². The van der Waals surface area contributed by atoms with E-state index in [1.165, 1.54) is 0 Å². The van der Waals surface area contributed by atoms with Gasteiger partial charge in [0, 0.05) is 14.8 Å². The second-order valence-corrected chi connectivity index (χ2v) is 7.17. The zero-order valence-corrected chi connectivity index (χ0v) is 15.7. The van der Waals surface area contributed by atoms with Gasteiger partial charge in [0.2, 0.25) is 0 Å². The summed E-state index contributed by atoms with van der Waals surface area (Å²) in [4.78, 5) is 2.18. The van der Waals surface area contributed by atoms with E-state index in [0.29, 0.717) is 11.6 Å². The van der Waals surface area contributed by atoms with E-state index < -0.39 is 0 Å². The molecule has 0 aromatic heterocycles. The molecule has 0 fully saturated rings. The predicted molar refractivity (Wildman–Crippen MR) is 109 cm³/mol. The molecule has 0 saturated carbocycles. The Labute approximate surface area is 163 Å². The topological polar surface area (TPSA) is 29.5 Å². The molecule has 0 heterocycles. The number of ether oxygens (including phenoxy) is 1. The summed E-state index contributed by atoms with van der Waals surface area (Å²) in [6, 6.07) is 24.1. The lowest BCUT2D eigenvalue weighted by atomic mass is 10.2. The average Bonchev–Trinajstić information content (AvgIpc) is 2.68. The van der Waals surface area contributed by atoms with Crippen molar-refractivity contribution in [1.29, 1.82) is 0 Å². The van der Waals surface area contributed by atoms with Gasteiger partial charge in [-0.15, -0.1) is 0 Å². The highest BCUT2D eigenvalue weighted by Gasteiger charge is 2.03. The number of hydrogen-bond donors (Lipinski definition) is 1. The molecule has 132 valence electrons. The molecule has 4 heteroatoms. The van der Waals surface area contributed by atoms with E-state index in [2.05, 4.69) is 0 Å². The molecule has 3 aromatic carbocycles. The van der Waals surface area contributed by atoms with E-state index >= 15 is 0 Å². The third-order valence-corrected chi connectivity index (χ3v) is 5.01. The summed E-state index contributed by atoms with van der Waals surface area (Å²) in [7, 11) is 0. The molecule has 0 aliphatic heterocycles. The Morgan fingerprint density at radius 2 is 1.65 bits per heavy atom. The Morgan fingerprint density at radius 3 is 2.35 bits per heavy atom. The molecule has 0 spiro atoms. The van der Waals surface area contributed by atoms with E-state index in [1.807, 2.05) is 78.9 Å². The normalized spacial score (nSPS) is 11.0. The maximum Gasteiger partial charge on any atom is 0.119 e. The second kappa shape index (κ2) is 9.48. The maximum absolute atomic E-state index is 8.85. The van der Waals surface area contributed by atoms with Crippen LogP contribution < -0.4 is 4.74 Å². The Balaban J connectivity index is 1.60. The zero-order chi connectivity index (χ0) is 18.2. The summed E-state index contributed by atoms with van der Waals surface area (Å²) in [5, 5.41) is 9.52. The van der Waals surface area contributed by atoms with Crippen LogP contribution in [0.5, 0.6) is 5.75 Å². The second-order valence-electron chi connectivity index (χ2n) is 5.62. The zero-order valence-electron chi connectivity index (χ0n) is 14.1. The highest BCUT2D eigenvalue weighted by atomic mass is 35.5. The van der Waals surface area contributed by atoms with Crippen molar-refractivity contribution in [3.05, 3.63) is 95.0 Å². The maximum atomic E-state index is 8.85. The van der Waals surface area contributed by atoms with Gasteiger partial charge in [0.1, 0.15) is 12.4 Å². The molecule has 3 aromatic rings. The van der Waals surface area contributed by atoms with Gasteiger partial charge in [-0.25, -0.2) is 0 Å². The van der Waals surface area contributed by atoms with E-state index in [4.69, 9.17) is 21.4 Å². The van der Waals surface area contributed by atoms with Crippen LogP contribution in [-0.2, 0) is 6.61 Å². The molecule has 1 N–H and O–H groups in total. The SMILES string of the molecule is OCC=Cc1ccc(Sc2ccc(OCc3ccccc3)cc2)cc1Cl. The number of aliphatic hydroxyl groups excluding tert-OH is 1. The molecule has 0 radical (unpaired) electrons.